The fraction of sp³-hybridized carbons (Fsp3) is 1.00. The van der Waals surface area contributed by atoms with Gasteiger partial charge in [0.1, 0.15) is 0 Å². The quantitative estimate of drug-likeness (QED) is 0.650. The molecule has 3 unspecified atom stereocenters. The van der Waals surface area contributed by atoms with E-state index in [1.54, 1.807) is 0 Å². The van der Waals surface area contributed by atoms with Crippen molar-refractivity contribution in [3.8, 4) is 0 Å². The molecule has 0 radical (unpaired) electrons. The summed E-state index contributed by atoms with van der Waals surface area (Å²) in [6.07, 6.45) is 2.94. The molecule has 0 aliphatic rings. The summed E-state index contributed by atoms with van der Waals surface area (Å²) in [7, 11) is 0. The van der Waals surface area contributed by atoms with Gasteiger partial charge in [-0.25, -0.2) is 4.72 Å². The van der Waals surface area contributed by atoms with E-state index in [2.05, 4.69) is 25.5 Å². The third kappa shape index (κ3) is 4.85. The van der Waals surface area contributed by atoms with Crippen molar-refractivity contribution in [2.75, 3.05) is 0 Å². The van der Waals surface area contributed by atoms with Crippen molar-refractivity contribution in [2.24, 2.45) is 5.92 Å². The maximum atomic E-state index is 10.4. The lowest BCUT2D eigenvalue weighted by Crippen LogP contribution is -2.35. The Bertz CT molecular complexity index is 141. The smallest absolute Gasteiger partial charge is 0.0209 e. The molecule has 0 aliphatic carbocycles. The molecule has 3 atom stereocenters. The van der Waals surface area contributed by atoms with Crippen LogP contribution in [0.25, 0.3) is 0 Å². The van der Waals surface area contributed by atoms with Crippen LogP contribution in [0.1, 0.15) is 40.0 Å². The lowest BCUT2D eigenvalue weighted by molar-refractivity contribution is 0.380. The molecule has 0 saturated carbocycles. The monoisotopic (exact) mass is 192 g/mol. The van der Waals surface area contributed by atoms with Gasteiger partial charge in [0.05, 0.1) is 0 Å². The molecule has 0 aromatic heterocycles. The first-order valence-electron chi connectivity index (χ1n) is 4.47. The second kappa shape index (κ2) is 6.57. The summed E-state index contributed by atoms with van der Waals surface area (Å²) in [4.78, 5) is 0. The largest absolute Gasteiger partial charge is 0.760 e. The number of nitrogens with one attached hydrogen (secondary N) is 1. The van der Waals surface area contributed by atoms with Crippen LogP contribution in [0, 0.1) is 5.92 Å². The lowest BCUT2D eigenvalue weighted by Gasteiger charge is -2.24. The average molecular weight is 192 g/mol. The minimum Gasteiger partial charge on any atom is -0.760 e. The zero-order valence-corrected chi connectivity index (χ0v) is 8.82. The summed E-state index contributed by atoms with van der Waals surface area (Å²) in [5.41, 5.74) is 0. The molecule has 0 fully saturated rings. The van der Waals surface area contributed by atoms with Gasteiger partial charge in [0, 0.05) is 17.3 Å². The van der Waals surface area contributed by atoms with Crippen LogP contribution in [0.15, 0.2) is 0 Å². The molecule has 1 N–H and O–H groups in total. The van der Waals surface area contributed by atoms with Crippen LogP contribution in [0.4, 0.5) is 0 Å². The van der Waals surface area contributed by atoms with Gasteiger partial charge in [-0.3, -0.25) is 4.21 Å². The highest BCUT2D eigenvalue weighted by atomic mass is 32.2. The average Bonchev–Trinajstić information content (AvgIpc) is 2.01. The molecular weight excluding hydrogens is 174 g/mol. The van der Waals surface area contributed by atoms with Crippen LogP contribution < -0.4 is 4.72 Å². The van der Waals surface area contributed by atoms with Crippen molar-refractivity contribution in [1.82, 2.24) is 4.72 Å². The summed E-state index contributed by atoms with van der Waals surface area (Å²) in [6, 6.07) is 0.110. The van der Waals surface area contributed by atoms with Gasteiger partial charge in [0.2, 0.25) is 0 Å². The van der Waals surface area contributed by atoms with Gasteiger partial charge in [-0.2, -0.15) is 0 Å². The van der Waals surface area contributed by atoms with Crippen LogP contribution in [0.2, 0.25) is 0 Å². The molecule has 0 aromatic rings. The fourth-order valence-electron chi connectivity index (χ4n) is 1.18. The van der Waals surface area contributed by atoms with Gasteiger partial charge in [-0.15, -0.1) is 0 Å². The second-order valence-electron chi connectivity index (χ2n) is 3.13. The molecule has 12 heavy (non-hydrogen) atoms. The Kier molecular flexibility index (Phi) is 6.61. The van der Waals surface area contributed by atoms with Gasteiger partial charge in [0.15, 0.2) is 0 Å². The van der Waals surface area contributed by atoms with E-state index in [1.165, 1.54) is 0 Å². The van der Waals surface area contributed by atoms with E-state index in [9.17, 15) is 8.76 Å². The standard InChI is InChI=1S/C8H19NO2S/c1-4-6-8(7(3)5-2)9-12(10)11/h7-9H,4-6H2,1-3H3,(H,10,11)/p-1. The molecule has 0 bridgehead atoms. The molecule has 4 heteroatoms. The Morgan fingerprint density at radius 2 is 2.08 bits per heavy atom. The Morgan fingerprint density at radius 3 is 2.42 bits per heavy atom. The lowest BCUT2D eigenvalue weighted by atomic mass is 9.96. The van der Waals surface area contributed by atoms with Crippen molar-refractivity contribution in [3.05, 3.63) is 0 Å². The maximum Gasteiger partial charge on any atom is 0.0209 e. The molecule has 0 aliphatic heterocycles. The Balaban J connectivity index is 3.93. The van der Waals surface area contributed by atoms with Crippen molar-refractivity contribution in [1.29, 1.82) is 0 Å². The predicted octanol–water partition coefficient (Wildman–Crippen LogP) is 1.58. The van der Waals surface area contributed by atoms with Crippen LogP contribution in [-0.2, 0) is 11.3 Å². The number of hydrogen-bond acceptors (Lipinski definition) is 2. The molecule has 0 aromatic carbocycles. The van der Waals surface area contributed by atoms with E-state index >= 15 is 0 Å². The Morgan fingerprint density at radius 1 is 1.50 bits per heavy atom. The number of hydrogen-bond donors (Lipinski definition) is 1. The fourth-order valence-corrected chi connectivity index (χ4v) is 1.78. The summed E-state index contributed by atoms with van der Waals surface area (Å²) in [6.45, 7) is 6.20. The van der Waals surface area contributed by atoms with Gasteiger partial charge in [-0.05, 0) is 12.3 Å². The van der Waals surface area contributed by atoms with Crippen LogP contribution >= 0.6 is 0 Å². The van der Waals surface area contributed by atoms with E-state index in [0.29, 0.717) is 5.92 Å². The van der Waals surface area contributed by atoms with Crippen molar-refractivity contribution < 1.29 is 8.76 Å². The first-order valence-corrected chi connectivity index (χ1v) is 5.54. The van der Waals surface area contributed by atoms with Crippen molar-refractivity contribution in [2.45, 2.75) is 46.1 Å². The van der Waals surface area contributed by atoms with E-state index in [1.807, 2.05) is 0 Å². The zero-order valence-electron chi connectivity index (χ0n) is 8.00. The van der Waals surface area contributed by atoms with Crippen LogP contribution in [-0.4, -0.2) is 14.8 Å². The Hall–Kier alpha value is 0.0700. The van der Waals surface area contributed by atoms with Gasteiger partial charge in [-0.1, -0.05) is 33.6 Å². The van der Waals surface area contributed by atoms with Crippen LogP contribution in [0.5, 0.6) is 0 Å². The molecule has 0 amide bonds. The molecule has 0 rings (SSSR count). The van der Waals surface area contributed by atoms with Gasteiger partial charge < -0.3 is 4.55 Å². The summed E-state index contributed by atoms with van der Waals surface area (Å²) >= 11 is -2.12. The third-order valence-electron chi connectivity index (χ3n) is 2.18. The third-order valence-corrected chi connectivity index (χ3v) is 2.67. The van der Waals surface area contributed by atoms with E-state index in [4.69, 9.17) is 0 Å². The van der Waals surface area contributed by atoms with E-state index in [-0.39, 0.29) is 6.04 Å². The van der Waals surface area contributed by atoms with E-state index in [0.717, 1.165) is 19.3 Å². The minimum absolute atomic E-state index is 0.110. The van der Waals surface area contributed by atoms with Crippen molar-refractivity contribution >= 4 is 11.3 Å². The SMILES string of the molecule is CCCC(NS(=O)[O-])C(C)CC. The zero-order chi connectivity index (χ0) is 9.56. The highest BCUT2D eigenvalue weighted by molar-refractivity contribution is 7.77. The predicted molar refractivity (Wildman–Crippen MR) is 50.2 cm³/mol. The normalized spacial score (nSPS) is 18.7. The maximum absolute atomic E-state index is 10.4. The molecule has 3 nitrogen and oxygen atoms in total. The molecule has 74 valence electrons. The summed E-state index contributed by atoms with van der Waals surface area (Å²) in [5.74, 6) is 0.419. The number of rotatable bonds is 6. The topological polar surface area (TPSA) is 52.2 Å². The molecule has 0 spiro atoms. The van der Waals surface area contributed by atoms with E-state index < -0.39 is 11.3 Å². The second-order valence-corrected chi connectivity index (χ2v) is 3.84. The van der Waals surface area contributed by atoms with Gasteiger partial charge >= 0.3 is 0 Å². The summed E-state index contributed by atoms with van der Waals surface area (Å²) < 4.78 is 23.3. The highest BCUT2D eigenvalue weighted by Crippen LogP contribution is 2.12. The first kappa shape index (κ1) is 12.1. The first-order chi connectivity index (χ1) is 5.61. The minimum atomic E-state index is -2.12. The summed E-state index contributed by atoms with van der Waals surface area (Å²) in [5, 5.41) is 0. The van der Waals surface area contributed by atoms with Crippen molar-refractivity contribution in [3.63, 3.8) is 0 Å². The highest BCUT2D eigenvalue weighted by Gasteiger charge is 2.13. The Labute approximate surface area is 77.4 Å². The molecule has 0 saturated heterocycles. The molecule has 0 heterocycles. The van der Waals surface area contributed by atoms with Gasteiger partial charge in [0.25, 0.3) is 0 Å². The van der Waals surface area contributed by atoms with Crippen LogP contribution in [0.3, 0.4) is 0 Å². The molecular formula is C8H18NO2S-.